The Morgan fingerprint density at radius 1 is 1.20 bits per heavy atom. The molecule has 0 aliphatic rings. The lowest BCUT2D eigenvalue weighted by Gasteiger charge is -2.09. The van der Waals surface area contributed by atoms with E-state index in [-0.39, 0.29) is 0 Å². The predicted octanol–water partition coefficient (Wildman–Crippen LogP) is 3.54. The topological polar surface area (TPSA) is 42.7 Å². The summed E-state index contributed by atoms with van der Waals surface area (Å²) >= 11 is 6.25. The van der Waals surface area contributed by atoms with Gasteiger partial charge < -0.3 is 5.32 Å². The lowest BCUT2D eigenvalue weighted by Crippen LogP contribution is -2.09. The van der Waals surface area contributed by atoms with Crippen molar-refractivity contribution >= 4 is 17.4 Å². The van der Waals surface area contributed by atoms with E-state index in [2.05, 4.69) is 35.3 Å². The maximum absolute atomic E-state index is 6.25. The Labute approximate surface area is 125 Å². The molecule has 0 spiro atoms. The van der Waals surface area contributed by atoms with Crippen LogP contribution in [0.25, 0.3) is 0 Å². The number of halogens is 1. The average Bonchev–Trinajstić information content (AvgIpc) is 2.85. The molecule has 0 aliphatic carbocycles. The first-order valence-corrected chi connectivity index (χ1v) is 7.50. The van der Waals surface area contributed by atoms with E-state index in [1.807, 2.05) is 23.7 Å². The maximum atomic E-state index is 6.25. The highest BCUT2D eigenvalue weighted by molar-refractivity contribution is 6.31. The predicted molar refractivity (Wildman–Crippen MR) is 83.5 cm³/mol. The van der Waals surface area contributed by atoms with Gasteiger partial charge in [-0.15, -0.1) is 0 Å². The Balaban J connectivity index is 2.28. The van der Waals surface area contributed by atoms with Crippen LogP contribution >= 0.6 is 11.6 Å². The Morgan fingerprint density at radius 3 is 2.65 bits per heavy atom. The monoisotopic (exact) mass is 292 g/mol. The summed E-state index contributed by atoms with van der Waals surface area (Å²) in [6, 6.07) is 5.94. The summed E-state index contributed by atoms with van der Waals surface area (Å²) in [5, 5.41) is 8.50. The first kappa shape index (κ1) is 14.9. The minimum absolute atomic E-state index is 0.612. The van der Waals surface area contributed by atoms with Crippen molar-refractivity contribution in [3.05, 3.63) is 40.3 Å². The van der Waals surface area contributed by atoms with E-state index >= 15 is 0 Å². The molecule has 0 saturated carbocycles. The molecule has 1 N–H and O–H groups in total. The first-order valence-electron chi connectivity index (χ1n) is 7.12. The molecule has 0 aliphatic heterocycles. The van der Waals surface area contributed by atoms with Crippen LogP contribution in [0.5, 0.6) is 0 Å². The Bertz CT molecular complexity index is 577. The third-order valence-electron chi connectivity index (χ3n) is 3.21. The van der Waals surface area contributed by atoms with Gasteiger partial charge in [0.1, 0.15) is 5.82 Å². The number of rotatable bonds is 6. The fourth-order valence-electron chi connectivity index (χ4n) is 2.13. The standard InChI is InChI=1S/C15H21ClN4/c1-4-11-9-12(5-2)20(19-11)10-14-13(16)7-8-15(18-14)17-6-3/h7-9H,4-6,10H2,1-3H3,(H,17,18). The molecule has 108 valence electrons. The zero-order chi connectivity index (χ0) is 14.5. The molecular formula is C15H21ClN4. The van der Waals surface area contributed by atoms with Crippen molar-refractivity contribution in [3.63, 3.8) is 0 Å². The van der Waals surface area contributed by atoms with Gasteiger partial charge in [-0.1, -0.05) is 25.4 Å². The molecule has 5 heteroatoms. The minimum Gasteiger partial charge on any atom is -0.370 e. The van der Waals surface area contributed by atoms with Crippen LogP contribution in [0.3, 0.4) is 0 Å². The largest absolute Gasteiger partial charge is 0.370 e. The van der Waals surface area contributed by atoms with Crippen molar-refractivity contribution in [2.24, 2.45) is 0 Å². The van der Waals surface area contributed by atoms with Gasteiger partial charge in [-0.05, 0) is 38.0 Å². The summed E-state index contributed by atoms with van der Waals surface area (Å²) in [6.45, 7) is 7.75. The lowest BCUT2D eigenvalue weighted by molar-refractivity contribution is 0.630. The van der Waals surface area contributed by atoms with Crippen LogP contribution in [-0.4, -0.2) is 21.3 Å². The van der Waals surface area contributed by atoms with E-state index in [1.54, 1.807) is 0 Å². The Kier molecular flexibility index (Phi) is 5.01. The SMILES string of the molecule is CCNc1ccc(Cl)c(Cn2nc(CC)cc2CC)n1. The van der Waals surface area contributed by atoms with Gasteiger partial charge in [0.25, 0.3) is 0 Å². The number of anilines is 1. The van der Waals surface area contributed by atoms with Crippen molar-refractivity contribution in [1.82, 2.24) is 14.8 Å². The quantitative estimate of drug-likeness (QED) is 0.885. The number of nitrogens with zero attached hydrogens (tertiary/aromatic N) is 3. The van der Waals surface area contributed by atoms with Crippen molar-refractivity contribution < 1.29 is 0 Å². The summed E-state index contributed by atoms with van der Waals surface area (Å²) < 4.78 is 2.00. The molecule has 0 unspecified atom stereocenters. The Morgan fingerprint density at radius 2 is 2.00 bits per heavy atom. The van der Waals surface area contributed by atoms with Crippen LogP contribution in [0.4, 0.5) is 5.82 Å². The zero-order valence-electron chi connectivity index (χ0n) is 12.3. The highest BCUT2D eigenvalue weighted by Gasteiger charge is 2.10. The number of nitrogens with one attached hydrogen (secondary N) is 1. The molecule has 2 heterocycles. The Hall–Kier alpha value is -1.55. The fraction of sp³-hybridized carbons (Fsp3) is 0.467. The van der Waals surface area contributed by atoms with Crippen LogP contribution in [0.15, 0.2) is 18.2 Å². The van der Waals surface area contributed by atoms with E-state index < -0.39 is 0 Å². The molecule has 0 radical (unpaired) electrons. The van der Waals surface area contributed by atoms with Crippen molar-refractivity contribution in [1.29, 1.82) is 0 Å². The summed E-state index contributed by atoms with van der Waals surface area (Å²) in [7, 11) is 0. The molecule has 2 aromatic rings. The molecule has 0 bridgehead atoms. The third-order valence-corrected chi connectivity index (χ3v) is 3.56. The number of aryl methyl sites for hydroxylation is 2. The van der Waals surface area contributed by atoms with Crippen molar-refractivity contribution in [2.75, 3.05) is 11.9 Å². The second-order valence-electron chi connectivity index (χ2n) is 4.65. The molecule has 0 saturated heterocycles. The van der Waals surface area contributed by atoms with Crippen LogP contribution in [0, 0.1) is 0 Å². The summed E-state index contributed by atoms with van der Waals surface area (Å²) in [4.78, 5) is 4.56. The highest BCUT2D eigenvalue weighted by Crippen LogP contribution is 2.19. The van der Waals surface area contributed by atoms with E-state index in [4.69, 9.17) is 11.6 Å². The van der Waals surface area contributed by atoms with Gasteiger partial charge in [-0.25, -0.2) is 4.98 Å². The van der Waals surface area contributed by atoms with Gasteiger partial charge in [0.05, 0.1) is 23.0 Å². The first-order chi connectivity index (χ1) is 9.67. The number of aromatic nitrogens is 3. The van der Waals surface area contributed by atoms with E-state index in [9.17, 15) is 0 Å². The van der Waals surface area contributed by atoms with Gasteiger partial charge in [-0.2, -0.15) is 5.10 Å². The fourth-order valence-corrected chi connectivity index (χ4v) is 2.29. The smallest absolute Gasteiger partial charge is 0.126 e. The van der Waals surface area contributed by atoms with Gasteiger partial charge in [0.2, 0.25) is 0 Å². The summed E-state index contributed by atoms with van der Waals surface area (Å²) in [5.41, 5.74) is 3.18. The highest BCUT2D eigenvalue weighted by atomic mass is 35.5. The lowest BCUT2D eigenvalue weighted by atomic mass is 10.2. The van der Waals surface area contributed by atoms with E-state index in [0.29, 0.717) is 11.6 Å². The molecule has 4 nitrogen and oxygen atoms in total. The van der Waals surface area contributed by atoms with Crippen molar-refractivity contribution in [3.8, 4) is 0 Å². The number of hydrogen-bond acceptors (Lipinski definition) is 3. The molecule has 0 amide bonds. The average molecular weight is 293 g/mol. The van der Waals surface area contributed by atoms with E-state index in [0.717, 1.165) is 36.6 Å². The van der Waals surface area contributed by atoms with Crippen molar-refractivity contribution in [2.45, 2.75) is 40.2 Å². The van der Waals surface area contributed by atoms with Gasteiger partial charge in [-0.3, -0.25) is 4.68 Å². The molecule has 2 aromatic heterocycles. The number of hydrogen-bond donors (Lipinski definition) is 1. The van der Waals surface area contributed by atoms with Crippen LogP contribution in [-0.2, 0) is 19.4 Å². The molecule has 0 aromatic carbocycles. The molecular weight excluding hydrogens is 272 g/mol. The molecule has 2 rings (SSSR count). The second kappa shape index (κ2) is 6.75. The maximum Gasteiger partial charge on any atom is 0.126 e. The second-order valence-corrected chi connectivity index (χ2v) is 5.05. The molecule has 20 heavy (non-hydrogen) atoms. The van der Waals surface area contributed by atoms with Gasteiger partial charge in [0, 0.05) is 12.2 Å². The molecule has 0 atom stereocenters. The van der Waals surface area contributed by atoms with Gasteiger partial charge in [0.15, 0.2) is 0 Å². The minimum atomic E-state index is 0.612. The molecule has 0 fully saturated rings. The van der Waals surface area contributed by atoms with E-state index in [1.165, 1.54) is 5.69 Å². The third kappa shape index (κ3) is 3.31. The normalized spacial score (nSPS) is 10.8. The van der Waals surface area contributed by atoms with Crippen LogP contribution in [0.2, 0.25) is 5.02 Å². The summed E-state index contributed by atoms with van der Waals surface area (Å²) in [5.74, 6) is 0.854. The number of pyridine rings is 1. The van der Waals surface area contributed by atoms with Gasteiger partial charge >= 0.3 is 0 Å². The zero-order valence-corrected chi connectivity index (χ0v) is 13.0. The van der Waals surface area contributed by atoms with Crippen LogP contribution in [0.1, 0.15) is 37.9 Å². The van der Waals surface area contributed by atoms with Crippen LogP contribution < -0.4 is 5.32 Å². The summed E-state index contributed by atoms with van der Waals surface area (Å²) in [6.07, 6.45) is 1.90.